The Hall–Kier alpha value is -2.35. The van der Waals surface area contributed by atoms with Crippen molar-refractivity contribution >= 4 is 16.6 Å². The van der Waals surface area contributed by atoms with Crippen molar-refractivity contribution in [3.8, 4) is 11.1 Å². The van der Waals surface area contributed by atoms with E-state index in [4.69, 9.17) is 0 Å². The summed E-state index contributed by atoms with van der Waals surface area (Å²) in [7, 11) is 1.95. The van der Waals surface area contributed by atoms with Crippen LogP contribution in [0, 0.1) is 0 Å². The van der Waals surface area contributed by atoms with E-state index in [2.05, 4.69) is 46.7 Å². The Balaban J connectivity index is 2.38. The molecule has 3 aromatic rings. The lowest BCUT2D eigenvalue weighted by Gasteiger charge is -2.12. The minimum atomic E-state index is 1.02. The summed E-state index contributed by atoms with van der Waals surface area (Å²) in [6, 6.07) is 18.6. The van der Waals surface area contributed by atoms with E-state index < -0.39 is 0 Å². The molecular formula is C16H14N2. The topological polar surface area (TPSA) is 24.9 Å². The van der Waals surface area contributed by atoms with Gasteiger partial charge in [-0.2, -0.15) is 0 Å². The average molecular weight is 234 g/mol. The Morgan fingerprint density at radius 3 is 2.50 bits per heavy atom. The van der Waals surface area contributed by atoms with Crippen LogP contribution in [0.1, 0.15) is 0 Å². The molecule has 0 saturated carbocycles. The Bertz CT molecular complexity index is 675. The van der Waals surface area contributed by atoms with Gasteiger partial charge >= 0.3 is 0 Å². The molecule has 0 fully saturated rings. The van der Waals surface area contributed by atoms with Gasteiger partial charge in [0.05, 0.1) is 5.52 Å². The molecule has 18 heavy (non-hydrogen) atoms. The number of anilines is 1. The molecule has 0 spiro atoms. The molecule has 0 bridgehead atoms. The molecule has 1 aromatic heterocycles. The van der Waals surface area contributed by atoms with Crippen LogP contribution in [0.15, 0.2) is 60.8 Å². The van der Waals surface area contributed by atoms with E-state index in [0.717, 1.165) is 11.2 Å². The largest absolute Gasteiger partial charge is 0.388 e. The Morgan fingerprint density at radius 2 is 1.72 bits per heavy atom. The standard InChI is InChI=1S/C16H14N2/c1-17-15-10-9-14-13(8-5-11-18-14)16(15)12-6-3-2-4-7-12/h2-11,17H,1H3. The Kier molecular flexibility index (Phi) is 2.69. The lowest BCUT2D eigenvalue weighted by molar-refractivity contribution is 1.41. The molecule has 0 aliphatic heterocycles. The quantitative estimate of drug-likeness (QED) is 0.726. The van der Waals surface area contributed by atoms with Crippen molar-refractivity contribution in [2.45, 2.75) is 0 Å². The first-order valence-electron chi connectivity index (χ1n) is 6.01. The van der Waals surface area contributed by atoms with Gasteiger partial charge in [0.15, 0.2) is 0 Å². The van der Waals surface area contributed by atoms with Crippen LogP contribution in [0.4, 0.5) is 5.69 Å². The minimum absolute atomic E-state index is 1.02. The fourth-order valence-corrected chi connectivity index (χ4v) is 2.28. The van der Waals surface area contributed by atoms with Crippen LogP contribution in [0.3, 0.4) is 0 Å². The summed E-state index contributed by atoms with van der Waals surface area (Å²) in [5, 5.41) is 4.43. The van der Waals surface area contributed by atoms with Crippen molar-refractivity contribution in [2.75, 3.05) is 12.4 Å². The third kappa shape index (κ3) is 1.72. The molecule has 1 N–H and O–H groups in total. The van der Waals surface area contributed by atoms with Gasteiger partial charge in [-0.1, -0.05) is 36.4 Å². The molecule has 2 aromatic carbocycles. The first kappa shape index (κ1) is 10.8. The van der Waals surface area contributed by atoms with Crippen LogP contribution in [-0.2, 0) is 0 Å². The van der Waals surface area contributed by atoms with Gasteiger partial charge in [0.1, 0.15) is 0 Å². The number of fused-ring (bicyclic) bond motifs is 1. The van der Waals surface area contributed by atoms with Crippen molar-refractivity contribution < 1.29 is 0 Å². The number of aromatic nitrogens is 1. The fourth-order valence-electron chi connectivity index (χ4n) is 2.28. The summed E-state index contributed by atoms with van der Waals surface area (Å²) in [4.78, 5) is 4.41. The van der Waals surface area contributed by atoms with Crippen LogP contribution < -0.4 is 5.32 Å². The van der Waals surface area contributed by atoms with Crippen LogP contribution in [0.2, 0.25) is 0 Å². The highest BCUT2D eigenvalue weighted by molar-refractivity contribution is 6.01. The SMILES string of the molecule is CNc1ccc2ncccc2c1-c1ccccc1. The second-order valence-corrected chi connectivity index (χ2v) is 4.17. The fraction of sp³-hybridized carbons (Fsp3) is 0.0625. The number of hydrogen-bond donors (Lipinski definition) is 1. The van der Waals surface area contributed by atoms with E-state index in [9.17, 15) is 0 Å². The molecule has 0 saturated heterocycles. The zero-order valence-electron chi connectivity index (χ0n) is 10.2. The number of pyridine rings is 1. The van der Waals surface area contributed by atoms with Gasteiger partial charge in [0.2, 0.25) is 0 Å². The van der Waals surface area contributed by atoms with Gasteiger partial charge in [-0.15, -0.1) is 0 Å². The lowest BCUT2D eigenvalue weighted by Crippen LogP contribution is -1.93. The molecular weight excluding hydrogens is 220 g/mol. The van der Waals surface area contributed by atoms with Gasteiger partial charge in [-0.3, -0.25) is 4.98 Å². The smallest absolute Gasteiger partial charge is 0.0709 e. The number of nitrogens with one attached hydrogen (secondary N) is 1. The molecule has 0 atom stereocenters. The zero-order valence-corrected chi connectivity index (χ0v) is 10.2. The van der Waals surface area contributed by atoms with Gasteiger partial charge in [-0.25, -0.2) is 0 Å². The van der Waals surface area contributed by atoms with Crippen LogP contribution in [0.5, 0.6) is 0 Å². The maximum Gasteiger partial charge on any atom is 0.0709 e. The number of benzene rings is 2. The van der Waals surface area contributed by atoms with Gasteiger partial charge < -0.3 is 5.32 Å². The molecule has 3 rings (SSSR count). The van der Waals surface area contributed by atoms with E-state index in [1.54, 1.807) is 0 Å². The first-order chi connectivity index (χ1) is 8.90. The highest BCUT2D eigenvalue weighted by Crippen LogP contribution is 2.34. The third-order valence-electron chi connectivity index (χ3n) is 3.12. The van der Waals surface area contributed by atoms with Gasteiger partial charge in [0.25, 0.3) is 0 Å². The summed E-state index contributed by atoms with van der Waals surface area (Å²) in [5.74, 6) is 0. The average Bonchev–Trinajstić information content (AvgIpc) is 2.47. The van der Waals surface area contributed by atoms with E-state index in [1.165, 1.54) is 16.5 Å². The number of nitrogens with zero attached hydrogens (tertiary/aromatic N) is 1. The predicted octanol–water partition coefficient (Wildman–Crippen LogP) is 3.94. The summed E-state index contributed by atoms with van der Waals surface area (Å²) in [6.45, 7) is 0. The van der Waals surface area contributed by atoms with Gasteiger partial charge in [0, 0.05) is 29.9 Å². The second kappa shape index (κ2) is 4.49. The minimum Gasteiger partial charge on any atom is -0.388 e. The van der Waals surface area contributed by atoms with Crippen molar-refractivity contribution in [1.29, 1.82) is 0 Å². The maximum absolute atomic E-state index is 4.41. The molecule has 2 heteroatoms. The van der Waals surface area contributed by atoms with E-state index in [-0.39, 0.29) is 0 Å². The highest BCUT2D eigenvalue weighted by atomic mass is 14.8. The monoisotopic (exact) mass is 234 g/mol. The summed E-state index contributed by atoms with van der Waals surface area (Å²) >= 11 is 0. The van der Waals surface area contributed by atoms with Crippen molar-refractivity contribution in [3.05, 3.63) is 60.8 Å². The number of hydrogen-bond acceptors (Lipinski definition) is 2. The normalized spacial score (nSPS) is 10.5. The molecule has 0 amide bonds. The summed E-state index contributed by atoms with van der Waals surface area (Å²) in [6.07, 6.45) is 1.83. The maximum atomic E-state index is 4.41. The molecule has 2 nitrogen and oxygen atoms in total. The Morgan fingerprint density at radius 1 is 0.889 bits per heavy atom. The third-order valence-corrected chi connectivity index (χ3v) is 3.12. The molecule has 1 heterocycles. The van der Waals surface area contributed by atoms with Gasteiger partial charge in [-0.05, 0) is 23.8 Å². The zero-order chi connectivity index (χ0) is 12.4. The molecule has 0 radical (unpaired) electrons. The van der Waals surface area contributed by atoms with Crippen LogP contribution in [0.25, 0.3) is 22.0 Å². The van der Waals surface area contributed by atoms with E-state index in [0.29, 0.717) is 0 Å². The molecule has 0 unspecified atom stereocenters. The van der Waals surface area contributed by atoms with E-state index in [1.807, 2.05) is 31.4 Å². The van der Waals surface area contributed by atoms with Crippen molar-refractivity contribution in [1.82, 2.24) is 4.98 Å². The predicted molar refractivity (Wildman–Crippen MR) is 76.7 cm³/mol. The van der Waals surface area contributed by atoms with Crippen LogP contribution >= 0.6 is 0 Å². The molecule has 0 aliphatic carbocycles. The van der Waals surface area contributed by atoms with E-state index >= 15 is 0 Å². The van der Waals surface area contributed by atoms with Crippen molar-refractivity contribution in [2.24, 2.45) is 0 Å². The van der Waals surface area contributed by atoms with Crippen LogP contribution in [-0.4, -0.2) is 12.0 Å². The number of rotatable bonds is 2. The molecule has 88 valence electrons. The molecule has 0 aliphatic rings. The Labute approximate surface area is 106 Å². The first-order valence-corrected chi connectivity index (χ1v) is 6.01. The van der Waals surface area contributed by atoms with Crippen molar-refractivity contribution in [3.63, 3.8) is 0 Å². The lowest BCUT2D eigenvalue weighted by atomic mass is 9.98. The second-order valence-electron chi connectivity index (χ2n) is 4.17. The summed E-state index contributed by atoms with van der Waals surface area (Å²) < 4.78 is 0. The summed E-state index contributed by atoms with van der Waals surface area (Å²) in [5.41, 5.74) is 4.57. The highest BCUT2D eigenvalue weighted by Gasteiger charge is 2.08.